The Morgan fingerprint density at radius 1 is 0.966 bits per heavy atom. The summed E-state index contributed by atoms with van der Waals surface area (Å²) < 4.78 is 5.08. The number of carbonyl (C=O) groups is 3. The van der Waals surface area contributed by atoms with E-state index in [-0.39, 0.29) is 24.9 Å². The van der Waals surface area contributed by atoms with E-state index in [4.69, 9.17) is 4.74 Å². The summed E-state index contributed by atoms with van der Waals surface area (Å²) in [5.74, 6) is -0.873. The number of nitrogens with one attached hydrogen (secondary N) is 1. The molecule has 6 heteroatoms. The molecule has 154 valence electrons. The average Bonchev–Trinajstić information content (AvgIpc) is 2.74. The zero-order valence-electron chi connectivity index (χ0n) is 17.2. The Morgan fingerprint density at radius 3 is 2.17 bits per heavy atom. The first-order chi connectivity index (χ1) is 13.9. The summed E-state index contributed by atoms with van der Waals surface area (Å²) >= 11 is 0. The first-order valence-electron chi connectivity index (χ1n) is 9.84. The second kappa shape index (κ2) is 11.0. The van der Waals surface area contributed by atoms with Gasteiger partial charge in [0.2, 0.25) is 0 Å². The lowest BCUT2D eigenvalue weighted by atomic mass is 9.98. The van der Waals surface area contributed by atoms with Crippen LogP contribution < -0.4 is 5.32 Å². The fourth-order valence-electron chi connectivity index (χ4n) is 2.94. The number of nitrogens with zero attached hydrogens (tertiary/aromatic N) is 1. The van der Waals surface area contributed by atoms with E-state index in [2.05, 4.69) is 5.32 Å². The third-order valence-corrected chi connectivity index (χ3v) is 4.67. The fourth-order valence-corrected chi connectivity index (χ4v) is 2.94. The van der Waals surface area contributed by atoms with E-state index in [0.29, 0.717) is 24.3 Å². The van der Waals surface area contributed by atoms with Crippen molar-refractivity contribution in [2.45, 2.75) is 33.1 Å². The van der Waals surface area contributed by atoms with Crippen LogP contribution in [0.3, 0.4) is 0 Å². The first kappa shape index (κ1) is 22.1. The quantitative estimate of drug-likeness (QED) is 0.654. The smallest absolute Gasteiger partial charge is 0.306 e. The van der Waals surface area contributed by atoms with Gasteiger partial charge in [0.25, 0.3) is 11.8 Å². The van der Waals surface area contributed by atoms with Gasteiger partial charge in [0.1, 0.15) is 0 Å². The van der Waals surface area contributed by atoms with Gasteiger partial charge in [0, 0.05) is 24.3 Å². The predicted octanol–water partition coefficient (Wildman–Crippen LogP) is 3.84. The maximum absolute atomic E-state index is 12.3. The van der Waals surface area contributed by atoms with Crippen LogP contribution in [0.15, 0.2) is 54.6 Å². The number of anilines is 1. The Morgan fingerprint density at radius 2 is 1.59 bits per heavy atom. The van der Waals surface area contributed by atoms with Crippen LogP contribution in [0.2, 0.25) is 0 Å². The normalized spacial score (nSPS) is 11.4. The summed E-state index contributed by atoms with van der Waals surface area (Å²) in [4.78, 5) is 38.0. The maximum Gasteiger partial charge on any atom is 0.306 e. The van der Waals surface area contributed by atoms with Gasteiger partial charge in [-0.15, -0.1) is 0 Å². The number of rotatable bonds is 9. The van der Waals surface area contributed by atoms with Crippen molar-refractivity contribution in [3.63, 3.8) is 0 Å². The summed E-state index contributed by atoms with van der Waals surface area (Å²) in [5.41, 5.74) is 2.15. The van der Waals surface area contributed by atoms with Crippen molar-refractivity contribution < 1.29 is 19.1 Å². The van der Waals surface area contributed by atoms with Gasteiger partial charge >= 0.3 is 5.97 Å². The van der Waals surface area contributed by atoms with E-state index >= 15 is 0 Å². The van der Waals surface area contributed by atoms with E-state index in [9.17, 15) is 14.4 Å². The number of hydrogen-bond donors (Lipinski definition) is 1. The molecule has 0 unspecified atom stereocenters. The highest BCUT2D eigenvalue weighted by Crippen LogP contribution is 2.19. The van der Waals surface area contributed by atoms with E-state index in [1.165, 1.54) is 0 Å². The van der Waals surface area contributed by atoms with Crippen LogP contribution in [-0.4, -0.2) is 42.4 Å². The molecule has 2 amide bonds. The highest BCUT2D eigenvalue weighted by Gasteiger charge is 2.15. The molecule has 29 heavy (non-hydrogen) atoms. The molecule has 0 spiro atoms. The predicted molar refractivity (Wildman–Crippen MR) is 113 cm³/mol. The summed E-state index contributed by atoms with van der Waals surface area (Å²) in [7, 11) is 0. The van der Waals surface area contributed by atoms with Gasteiger partial charge in [0.15, 0.2) is 6.61 Å². The SMILES string of the molecule is CCN(CC)C(=O)c1ccc(NC(=O)COC(=O)C[C@@H](C)c2ccccc2)cc1. The Hall–Kier alpha value is -3.15. The van der Waals surface area contributed by atoms with Crippen LogP contribution in [0.25, 0.3) is 0 Å². The molecule has 0 fully saturated rings. The largest absolute Gasteiger partial charge is 0.456 e. The average molecular weight is 396 g/mol. The lowest BCUT2D eigenvalue weighted by molar-refractivity contribution is -0.147. The first-order valence-corrected chi connectivity index (χ1v) is 9.84. The van der Waals surface area contributed by atoms with Gasteiger partial charge < -0.3 is 15.0 Å². The lowest BCUT2D eigenvalue weighted by Gasteiger charge is -2.18. The second-order valence-electron chi connectivity index (χ2n) is 6.78. The molecule has 1 N–H and O–H groups in total. The van der Waals surface area contributed by atoms with E-state index in [1.54, 1.807) is 29.2 Å². The van der Waals surface area contributed by atoms with Gasteiger partial charge in [-0.3, -0.25) is 14.4 Å². The highest BCUT2D eigenvalue weighted by atomic mass is 16.5. The molecule has 0 heterocycles. The van der Waals surface area contributed by atoms with Crippen LogP contribution in [-0.2, 0) is 14.3 Å². The van der Waals surface area contributed by atoms with Gasteiger partial charge in [-0.1, -0.05) is 37.3 Å². The molecule has 6 nitrogen and oxygen atoms in total. The fraction of sp³-hybridized carbons (Fsp3) is 0.348. The highest BCUT2D eigenvalue weighted by molar-refractivity contribution is 5.96. The molecular weight excluding hydrogens is 368 g/mol. The summed E-state index contributed by atoms with van der Waals surface area (Å²) in [5, 5.41) is 2.66. The number of hydrogen-bond acceptors (Lipinski definition) is 4. The summed E-state index contributed by atoms with van der Waals surface area (Å²) in [6.45, 7) is 6.73. The van der Waals surface area contributed by atoms with Crippen molar-refractivity contribution in [2.24, 2.45) is 0 Å². The van der Waals surface area contributed by atoms with Gasteiger partial charge in [-0.2, -0.15) is 0 Å². The zero-order valence-corrected chi connectivity index (χ0v) is 17.2. The number of carbonyl (C=O) groups excluding carboxylic acids is 3. The summed E-state index contributed by atoms with van der Waals surface area (Å²) in [6.07, 6.45) is 0.208. The molecule has 0 radical (unpaired) electrons. The lowest BCUT2D eigenvalue weighted by Crippen LogP contribution is -2.30. The third-order valence-electron chi connectivity index (χ3n) is 4.67. The third kappa shape index (κ3) is 6.75. The Kier molecular flexibility index (Phi) is 8.40. The number of esters is 1. The monoisotopic (exact) mass is 396 g/mol. The van der Waals surface area contributed by atoms with E-state index in [1.807, 2.05) is 51.1 Å². The topological polar surface area (TPSA) is 75.7 Å². The van der Waals surface area contributed by atoms with Gasteiger partial charge in [-0.25, -0.2) is 0 Å². The van der Waals surface area contributed by atoms with Crippen LogP contribution >= 0.6 is 0 Å². The molecular formula is C23H28N2O4. The molecule has 0 saturated carbocycles. The number of amides is 2. The van der Waals surface area contributed by atoms with Crippen LogP contribution in [0.4, 0.5) is 5.69 Å². The van der Waals surface area contributed by atoms with Crippen LogP contribution in [0.5, 0.6) is 0 Å². The molecule has 0 aliphatic rings. The molecule has 1 atom stereocenters. The van der Waals surface area contributed by atoms with Crippen molar-refractivity contribution in [1.29, 1.82) is 0 Å². The summed E-state index contributed by atoms with van der Waals surface area (Å²) in [6, 6.07) is 16.3. The number of benzene rings is 2. The maximum atomic E-state index is 12.3. The van der Waals surface area contributed by atoms with Crippen molar-refractivity contribution in [2.75, 3.05) is 25.0 Å². The Labute approximate surface area is 171 Å². The van der Waals surface area contributed by atoms with E-state index in [0.717, 1.165) is 5.56 Å². The van der Waals surface area contributed by atoms with Crippen LogP contribution in [0, 0.1) is 0 Å². The van der Waals surface area contributed by atoms with Gasteiger partial charge in [0.05, 0.1) is 6.42 Å². The standard InChI is InChI=1S/C23H28N2O4/c1-4-25(5-2)23(28)19-11-13-20(14-12-19)24-21(26)16-29-22(27)15-17(3)18-9-7-6-8-10-18/h6-14,17H,4-5,15-16H2,1-3H3,(H,24,26)/t17-/m1/s1. The zero-order chi connectivity index (χ0) is 21.2. The second-order valence-corrected chi connectivity index (χ2v) is 6.78. The molecule has 0 aliphatic carbocycles. The minimum Gasteiger partial charge on any atom is -0.456 e. The Balaban J connectivity index is 1.80. The van der Waals surface area contributed by atoms with Crippen molar-refractivity contribution in [1.82, 2.24) is 4.90 Å². The Bertz CT molecular complexity index is 815. The molecule has 2 aromatic rings. The minimum absolute atomic E-state index is 0.0163. The van der Waals surface area contributed by atoms with Gasteiger partial charge in [-0.05, 0) is 49.6 Å². The molecule has 0 aliphatic heterocycles. The minimum atomic E-state index is -0.423. The molecule has 0 saturated heterocycles. The molecule has 0 aromatic heterocycles. The van der Waals surface area contributed by atoms with Crippen molar-refractivity contribution in [3.05, 3.63) is 65.7 Å². The molecule has 2 rings (SSSR count). The van der Waals surface area contributed by atoms with E-state index < -0.39 is 11.9 Å². The van der Waals surface area contributed by atoms with Crippen molar-refractivity contribution in [3.8, 4) is 0 Å². The molecule has 0 bridgehead atoms. The van der Waals surface area contributed by atoms with Crippen molar-refractivity contribution >= 4 is 23.5 Å². The van der Waals surface area contributed by atoms with Crippen LogP contribution in [0.1, 0.15) is 49.0 Å². The number of ether oxygens (including phenoxy) is 1. The molecule has 2 aromatic carbocycles.